The molecule has 6 aliphatic heterocycles. The molecule has 60 heavy (non-hydrogen) atoms. The molecule has 14 heteroatoms. The summed E-state index contributed by atoms with van der Waals surface area (Å²) in [7, 11) is 3.21. The highest BCUT2D eigenvalue weighted by Gasteiger charge is 2.70. The number of hydrogen-bond acceptors (Lipinski definition) is 14. The first-order valence-electron chi connectivity index (χ1n) is 21.2. The number of ether oxygens (including phenoxy) is 6. The van der Waals surface area contributed by atoms with Gasteiger partial charge < -0.3 is 37.5 Å². The molecule has 0 amide bonds. The highest BCUT2D eigenvalue weighted by molar-refractivity contribution is 6.10. The number of rotatable bonds is 10. The van der Waals surface area contributed by atoms with E-state index >= 15 is 0 Å². The Balaban J connectivity index is 0.000000136. The standard InChI is InChI=1S/2C23H24N2O5/c2*1-27-17-12-15-11-16-19(25-9-5-6-10-25)20-18(21(26)23(16,17)29-15)22(24-30-20)28-13-14-7-3-2-4-8-14/h2*2-4,7-8,12,15-16,19H,5-6,9-11,13H2,1H3/t15-,16?,19+,23+;15-,16?,19-,23+/m10/s1. The minimum Gasteiger partial charge on any atom is -0.498 e. The molecular weight excluding hydrogens is 769 g/mol. The van der Waals surface area contributed by atoms with E-state index in [4.69, 9.17) is 37.5 Å². The summed E-state index contributed by atoms with van der Waals surface area (Å²) in [5.41, 5.74) is 0.612. The Kier molecular flexibility index (Phi) is 9.25. The zero-order valence-electron chi connectivity index (χ0n) is 33.7. The van der Waals surface area contributed by atoms with Crippen molar-refractivity contribution >= 4 is 11.6 Å². The first-order valence-corrected chi connectivity index (χ1v) is 21.2. The second-order valence-electron chi connectivity index (χ2n) is 17.0. The van der Waals surface area contributed by atoms with E-state index in [1.807, 2.05) is 72.8 Å². The minimum atomic E-state index is -1.10. The first-order chi connectivity index (χ1) is 29.4. The molecule has 2 unspecified atom stereocenters. The second-order valence-corrected chi connectivity index (χ2v) is 17.0. The van der Waals surface area contributed by atoms with E-state index in [-0.39, 0.29) is 59.5 Å². The summed E-state index contributed by atoms with van der Waals surface area (Å²) in [5.74, 6) is 2.53. The number of ketones is 2. The monoisotopic (exact) mass is 816 g/mol. The fraction of sp³-hybridized carbons (Fsp3) is 0.478. The summed E-state index contributed by atoms with van der Waals surface area (Å²) < 4.78 is 47.4. The molecule has 8 atom stereocenters. The molecule has 2 aliphatic carbocycles. The molecule has 0 N–H and O–H groups in total. The van der Waals surface area contributed by atoms with Crippen molar-refractivity contribution in [2.24, 2.45) is 11.8 Å². The fourth-order valence-corrected chi connectivity index (χ4v) is 11.3. The summed E-state index contributed by atoms with van der Waals surface area (Å²) in [6.45, 7) is 4.53. The number of carbonyl (C=O) groups is 2. The molecular formula is C46H48N4O10. The maximum atomic E-state index is 13.9. The van der Waals surface area contributed by atoms with Gasteiger partial charge in [-0.05, 0) is 98.3 Å². The number of hydrogen-bond donors (Lipinski definition) is 0. The zero-order valence-corrected chi connectivity index (χ0v) is 33.7. The highest BCUT2D eigenvalue weighted by Crippen LogP contribution is 2.61. The molecule has 8 aliphatic rings. The quantitative estimate of drug-likeness (QED) is 0.170. The SMILES string of the molecule is COC1=C[C@@H]2CC3[C@H](N4CCCC4)c4onc(OCc5ccccc5)c4C(=O)[C@]13O2.COC1=C[C@H]2CC3[C@H](N4CCCC4)c4onc(OCc5ccccc5)c4C(=O)[C@@]13O2. The van der Waals surface area contributed by atoms with E-state index in [1.54, 1.807) is 14.2 Å². The van der Waals surface area contributed by atoms with Gasteiger partial charge in [0.2, 0.25) is 11.6 Å². The predicted molar refractivity (Wildman–Crippen MR) is 212 cm³/mol. The number of Topliss-reactive ketones (excluding diaryl/α,β-unsaturated/α-hetero) is 2. The van der Waals surface area contributed by atoms with Gasteiger partial charge in [0.1, 0.15) is 35.9 Å². The highest BCUT2D eigenvalue weighted by atomic mass is 16.6. The van der Waals surface area contributed by atoms with Crippen LogP contribution >= 0.6 is 0 Å². The number of methoxy groups -OCH3 is 2. The fourth-order valence-electron chi connectivity index (χ4n) is 11.3. The largest absolute Gasteiger partial charge is 0.498 e. The molecule has 14 nitrogen and oxygen atoms in total. The third kappa shape index (κ3) is 5.60. The molecule has 0 saturated carbocycles. The van der Waals surface area contributed by atoms with Gasteiger partial charge in [-0.25, -0.2) is 0 Å². The van der Waals surface area contributed by atoms with Crippen molar-refractivity contribution in [3.05, 3.63) is 118 Å². The normalized spacial score (nSPS) is 32.1. The Morgan fingerprint density at radius 2 is 1.02 bits per heavy atom. The van der Waals surface area contributed by atoms with Crippen molar-refractivity contribution < 1.29 is 47.1 Å². The van der Waals surface area contributed by atoms with Gasteiger partial charge in [-0.15, -0.1) is 0 Å². The lowest BCUT2D eigenvalue weighted by Gasteiger charge is -2.43. The Labute approximate surface area is 347 Å². The van der Waals surface area contributed by atoms with E-state index in [0.717, 1.165) is 75.8 Å². The molecule has 4 fully saturated rings. The Morgan fingerprint density at radius 1 is 0.617 bits per heavy atom. The van der Waals surface area contributed by atoms with Crippen LogP contribution < -0.4 is 9.47 Å². The van der Waals surface area contributed by atoms with Crippen molar-refractivity contribution in [1.29, 1.82) is 0 Å². The van der Waals surface area contributed by atoms with E-state index in [0.29, 0.717) is 47.4 Å². The topological polar surface area (TPSA) is 148 Å². The van der Waals surface area contributed by atoms with Crippen LogP contribution in [0.1, 0.15) is 94.0 Å². The summed E-state index contributed by atoms with van der Waals surface area (Å²) in [5, 5.41) is 8.36. The third-order valence-electron chi connectivity index (χ3n) is 13.8. The number of benzene rings is 2. The average molecular weight is 817 g/mol. The van der Waals surface area contributed by atoms with Crippen LogP contribution in [-0.4, -0.2) is 95.5 Å². The lowest BCUT2D eigenvalue weighted by Crippen LogP contribution is -2.54. The molecule has 4 bridgehead atoms. The number of aromatic nitrogens is 2. The van der Waals surface area contributed by atoms with Crippen molar-refractivity contribution in [2.75, 3.05) is 40.4 Å². The number of fused-ring (bicyclic) bond motifs is 4. The molecule has 4 aromatic rings. The lowest BCUT2D eigenvalue weighted by atomic mass is 9.67. The lowest BCUT2D eigenvalue weighted by molar-refractivity contribution is -0.0339. The van der Waals surface area contributed by atoms with Crippen LogP contribution in [0.2, 0.25) is 0 Å². The van der Waals surface area contributed by atoms with Gasteiger partial charge in [-0.1, -0.05) is 60.7 Å². The van der Waals surface area contributed by atoms with Crippen LogP contribution in [0.3, 0.4) is 0 Å². The van der Waals surface area contributed by atoms with E-state index in [2.05, 4.69) is 20.1 Å². The van der Waals surface area contributed by atoms with Crippen LogP contribution in [0.15, 0.2) is 93.4 Å². The molecule has 2 aromatic heterocycles. The molecule has 4 saturated heterocycles. The average Bonchev–Trinajstić information content (AvgIpc) is 4.15. The van der Waals surface area contributed by atoms with Crippen molar-refractivity contribution in [1.82, 2.24) is 20.1 Å². The molecule has 12 rings (SSSR count). The van der Waals surface area contributed by atoms with Crippen LogP contribution in [0.25, 0.3) is 0 Å². The van der Waals surface area contributed by atoms with Gasteiger partial charge >= 0.3 is 0 Å². The Morgan fingerprint density at radius 3 is 1.40 bits per heavy atom. The van der Waals surface area contributed by atoms with Crippen molar-refractivity contribution in [2.45, 2.75) is 87.2 Å². The predicted octanol–water partition coefficient (Wildman–Crippen LogP) is 6.55. The summed E-state index contributed by atoms with van der Waals surface area (Å²) >= 11 is 0. The maximum Gasteiger partial charge on any atom is 0.265 e. The Bertz CT molecular complexity index is 2180. The van der Waals surface area contributed by atoms with Crippen molar-refractivity contribution in [3.8, 4) is 11.8 Å². The van der Waals surface area contributed by atoms with Gasteiger partial charge in [-0.2, -0.15) is 0 Å². The van der Waals surface area contributed by atoms with Gasteiger partial charge in [0.25, 0.3) is 11.8 Å². The molecule has 2 aromatic carbocycles. The molecule has 8 heterocycles. The van der Waals surface area contributed by atoms with E-state index in [1.165, 1.54) is 0 Å². The summed E-state index contributed by atoms with van der Waals surface area (Å²) in [6.07, 6.45) is 9.79. The van der Waals surface area contributed by atoms with Gasteiger partial charge in [0.15, 0.2) is 22.7 Å². The zero-order chi connectivity index (χ0) is 40.6. The number of nitrogens with zero attached hydrogens (tertiary/aromatic N) is 4. The van der Waals surface area contributed by atoms with Crippen molar-refractivity contribution in [3.63, 3.8) is 0 Å². The van der Waals surface area contributed by atoms with E-state index < -0.39 is 11.2 Å². The maximum absolute atomic E-state index is 13.9. The molecule has 2 spiro atoms. The second kappa shape index (κ2) is 14.7. The molecule has 0 radical (unpaired) electrons. The third-order valence-corrected chi connectivity index (χ3v) is 13.8. The Hall–Kier alpha value is -5.28. The van der Waals surface area contributed by atoms with Gasteiger partial charge in [0.05, 0.1) is 38.5 Å². The number of likely N-dealkylation sites (tertiary alicyclic amines) is 2. The van der Waals surface area contributed by atoms with Gasteiger partial charge in [0, 0.05) is 11.8 Å². The van der Waals surface area contributed by atoms with Crippen LogP contribution in [0.5, 0.6) is 11.8 Å². The first kappa shape index (κ1) is 37.7. The van der Waals surface area contributed by atoms with Crippen LogP contribution in [-0.2, 0) is 32.2 Å². The van der Waals surface area contributed by atoms with E-state index in [9.17, 15) is 9.59 Å². The summed E-state index contributed by atoms with van der Waals surface area (Å²) in [4.78, 5) is 32.5. The van der Waals surface area contributed by atoms with Crippen LogP contribution in [0, 0.1) is 11.8 Å². The minimum absolute atomic E-state index is 0.0459. The smallest absolute Gasteiger partial charge is 0.265 e. The number of carbonyl (C=O) groups excluding carboxylic acids is 2. The molecule has 312 valence electrons. The van der Waals surface area contributed by atoms with Gasteiger partial charge in [-0.3, -0.25) is 19.4 Å². The summed E-state index contributed by atoms with van der Waals surface area (Å²) in [6, 6.07) is 19.5. The van der Waals surface area contributed by atoms with Crippen LogP contribution in [0.4, 0.5) is 0 Å².